The second kappa shape index (κ2) is 22.0. The highest BCUT2D eigenvalue weighted by Gasteiger charge is 2.30. The summed E-state index contributed by atoms with van der Waals surface area (Å²) in [5.74, 6) is -3.11. The molecule has 0 aromatic rings. The number of nitrogens with one attached hydrogen (secondary N) is 1. The van der Waals surface area contributed by atoms with Gasteiger partial charge in [0.2, 0.25) is 5.91 Å². The molecule has 0 aliphatic heterocycles. The molecule has 15 heteroatoms. The van der Waals surface area contributed by atoms with Gasteiger partial charge in [-0.25, -0.2) is 4.67 Å². The Bertz CT molecular complexity index is 929. The van der Waals surface area contributed by atoms with Crippen LogP contribution in [0, 0.1) is 11.3 Å². The third kappa shape index (κ3) is 17.3. The minimum atomic E-state index is -1.76. The molecule has 0 aromatic carbocycles. The third-order valence-corrected chi connectivity index (χ3v) is 7.15. The number of aliphatic hydroxyl groups excluding tert-OH is 1. The second-order valence-electron chi connectivity index (χ2n) is 9.59. The zero-order valence-electron chi connectivity index (χ0n) is 25.8. The van der Waals surface area contributed by atoms with E-state index in [2.05, 4.69) is 16.1 Å². The van der Waals surface area contributed by atoms with Crippen molar-refractivity contribution in [3.05, 3.63) is 11.5 Å². The average molecular weight is 620 g/mol. The van der Waals surface area contributed by atoms with E-state index < -0.39 is 44.7 Å². The van der Waals surface area contributed by atoms with Crippen LogP contribution in [0.15, 0.2) is 11.5 Å². The predicted molar refractivity (Wildman–Crippen MR) is 152 cm³/mol. The van der Waals surface area contributed by atoms with Crippen LogP contribution in [-0.2, 0) is 47.2 Å². The number of unbranched alkanes of at least 4 members (excludes halogenated alkanes) is 1. The summed E-state index contributed by atoms with van der Waals surface area (Å²) >= 11 is 0. The van der Waals surface area contributed by atoms with Crippen LogP contribution in [0.5, 0.6) is 0 Å². The van der Waals surface area contributed by atoms with E-state index >= 15 is 0 Å². The number of carbonyl (C=O) groups excluding carboxylic acids is 4. The van der Waals surface area contributed by atoms with Crippen molar-refractivity contribution in [1.29, 1.82) is 5.26 Å². The van der Waals surface area contributed by atoms with Gasteiger partial charge in [0, 0.05) is 46.2 Å². The van der Waals surface area contributed by atoms with Crippen LogP contribution in [0.3, 0.4) is 0 Å². The molecule has 2 N–H and O–H groups in total. The molecule has 0 aliphatic rings. The zero-order valence-corrected chi connectivity index (χ0v) is 26.7. The van der Waals surface area contributed by atoms with Gasteiger partial charge in [-0.3, -0.25) is 19.2 Å². The summed E-state index contributed by atoms with van der Waals surface area (Å²) < 4.78 is 34.9. The molecule has 3 atom stereocenters. The largest absolute Gasteiger partial charge is 0.466 e. The summed E-state index contributed by atoms with van der Waals surface area (Å²) in [7, 11) is -1.39. The van der Waals surface area contributed by atoms with Crippen LogP contribution in [0.4, 0.5) is 0 Å². The van der Waals surface area contributed by atoms with Crippen LogP contribution in [-0.4, -0.2) is 84.5 Å². The first-order valence-corrected chi connectivity index (χ1v) is 14.9. The van der Waals surface area contributed by atoms with Gasteiger partial charge in [0.1, 0.15) is 5.70 Å². The van der Waals surface area contributed by atoms with Gasteiger partial charge in [-0.15, -0.1) is 0 Å². The third-order valence-electron chi connectivity index (χ3n) is 5.04. The Labute approximate surface area is 249 Å². The SMILES string of the molecule is CC(=O)N/C(=C(\OC(C)=O)[C@H](CCOC(C)=O)OC(C)=O)[C@@H](O)OCCCCOP(OCCC#N)N(C(C)C)C(C)C. The highest BCUT2D eigenvalue weighted by Crippen LogP contribution is 2.46. The summed E-state index contributed by atoms with van der Waals surface area (Å²) in [5, 5.41) is 22.0. The van der Waals surface area contributed by atoms with Crippen molar-refractivity contribution in [3.63, 3.8) is 0 Å². The normalized spacial score (nSPS) is 14.1. The van der Waals surface area contributed by atoms with Crippen molar-refractivity contribution >= 4 is 32.3 Å². The molecule has 0 rings (SSSR count). The van der Waals surface area contributed by atoms with Gasteiger partial charge in [-0.05, 0) is 40.5 Å². The Morgan fingerprint density at radius 1 is 0.881 bits per heavy atom. The zero-order chi connectivity index (χ0) is 32.2. The number of nitrogens with zero attached hydrogens (tertiary/aromatic N) is 2. The average Bonchev–Trinajstić information content (AvgIpc) is 2.86. The number of esters is 3. The lowest BCUT2D eigenvalue weighted by atomic mass is 10.1. The molecule has 0 aliphatic carbocycles. The molecule has 42 heavy (non-hydrogen) atoms. The first kappa shape index (κ1) is 39.3. The van der Waals surface area contributed by atoms with Gasteiger partial charge in [0.05, 0.1) is 38.9 Å². The second-order valence-corrected chi connectivity index (χ2v) is 11.0. The van der Waals surface area contributed by atoms with E-state index in [1.807, 2.05) is 27.7 Å². The maximum Gasteiger partial charge on any atom is 0.307 e. The number of aliphatic hydroxyl groups is 1. The number of amides is 1. The molecular weight excluding hydrogens is 573 g/mol. The summed E-state index contributed by atoms with van der Waals surface area (Å²) in [4.78, 5) is 46.8. The molecule has 14 nitrogen and oxygen atoms in total. The molecule has 0 aromatic heterocycles. The van der Waals surface area contributed by atoms with Crippen LogP contribution in [0.1, 0.15) is 81.1 Å². The molecule has 0 saturated carbocycles. The maximum atomic E-state index is 11.9. The minimum Gasteiger partial charge on any atom is -0.466 e. The predicted octanol–water partition coefficient (Wildman–Crippen LogP) is 3.19. The molecule has 0 fully saturated rings. The quantitative estimate of drug-likeness (QED) is 0.0477. The van der Waals surface area contributed by atoms with Crippen molar-refractivity contribution in [2.75, 3.05) is 26.4 Å². The topological polar surface area (TPSA) is 183 Å². The lowest BCUT2D eigenvalue weighted by Gasteiger charge is -2.35. The smallest absolute Gasteiger partial charge is 0.307 e. The summed E-state index contributed by atoms with van der Waals surface area (Å²) in [6.45, 7) is 13.1. The van der Waals surface area contributed by atoms with Crippen LogP contribution in [0.25, 0.3) is 0 Å². The van der Waals surface area contributed by atoms with E-state index in [1.165, 1.54) is 13.8 Å². The van der Waals surface area contributed by atoms with Crippen molar-refractivity contribution in [3.8, 4) is 6.07 Å². The monoisotopic (exact) mass is 619 g/mol. The number of carbonyl (C=O) groups is 4. The van der Waals surface area contributed by atoms with Crippen LogP contribution < -0.4 is 5.32 Å². The highest BCUT2D eigenvalue weighted by atomic mass is 31.2. The highest BCUT2D eigenvalue weighted by molar-refractivity contribution is 7.44. The Hall–Kier alpha value is -2.66. The number of hydrogen-bond acceptors (Lipinski definition) is 13. The van der Waals surface area contributed by atoms with E-state index in [0.717, 1.165) is 13.8 Å². The van der Waals surface area contributed by atoms with Crippen LogP contribution in [0.2, 0.25) is 0 Å². The van der Waals surface area contributed by atoms with Gasteiger partial charge in [0.15, 0.2) is 18.2 Å². The molecule has 0 heterocycles. The lowest BCUT2D eigenvalue weighted by Crippen LogP contribution is -2.36. The Morgan fingerprint density at radius 2 is 1.48 bits per heavy atom. The maximum absolute atomic E-state index is 11.9. The van der Waals surface area contributed by atoms with E-state index in [9.17, 15) is 24.3 Å². The molecule has 0 saturated heterocycles. The minimum absolute atomic E-state index is 0.0257. The van der Waals surface area contributed by atoms with E-state index in [1.54, 1.807) is 0 Å². The number of nitriles is 1. The van der Waals surface area contributed by atoms with Gasteiger partial charge in [-0.1, -0.05) is 0 Å². The Morgan fingerprint density at radius 3 is 1.98 bits per heavy atom. The van der Waals surface area contributed by atoms with E-state index in [4.69, 9.17) is 33.3 Å². The summed E-state index contributed by atoms with van der Waals surface area (Å²) in [6, 6.07) is 2.37. The first-order valence-electron chi connectivity index (χ1n) is 13.7. The Kier molecular flexibility index (Phi) is 20.6. The molecule has 1 amide bonds. The van der Waals surface area contributed by atoms with Gasteiger partial charge in [0.25, 0.3) is 8.53 Å². The first-order chi connectivity index (χ1) is 19.7. The lowest BCUT2D eigenvalue weighted by molar-refractivity contribution is -0.153. The molecule has 0 spiro atoms. The standard InChI is InChI=1S/C27H46N3O11P/c1-18(2)30(19(3)4)42(39-16-11-13-28)38-15-10-9-14-37-27(35)25(29-20(5)31)26(41-23(8)34)24(40-22(7)33)12-17-36-21(6)32/h18-19,24,27,35H,9-12,14-17H2,1-8H3,(H,29,31)/b26-25-/t24-,27-,42?/m0/s1. The summed E-state index contributed by atoms with van der Waals surface area (Å²) in [6.07, 6.45) is -1.95. The van der Waals surface area contributed by atoms with Gasteiger partial charge in [-0.2, -0.15) is 5.26 Å². The van der Waals surface area contributed by atoms with Crippen LogP contribution >= 0.6 is 8.53 Å². The van der Waals surface area contributed by atoms with E-state index in [-0.39, 0.29) is 56.2 Å². The van der Waals surface area contributed by atoms with E-state index in [0.29, 0.717) is 19.4 Å². The van der Waals surface area contributed by atoms with Crippen molar-refractivity contribution in [1.82, 2.24) is 9.99 Å². The van der Waals surface area contributed by atoms with Crippen molar-refractivity contribution in [2.24, 2.45) is 0 Å². The van der Waals surface area contributed by atoms with Crippen molar-refractivity contribution in [2.45, 2.75) is 106 Å². The fourth-order valence-electron chi connectivity index (χ4n) is 3.58. The molecule has 240 valence electrons. The number of ether oxygens (including phenoxy) is 4. The van der Waals surface area contributed by atoms with Gasteiger partial charge < -0.3 is 38.4 Å². The summed E-state index contributed by atoms with van der Waals surface area (Å²) in [5.41, 5.74) is -0.332. The fourth-order valence-corrected chi connectivity index (χ4v) is 5.20. The molecular formula is C27H46N3O11P. The van der Waals surface area contributed by atoms with Gasteiger partial charge >= 0.3 is 17.9 Å². The van der Waals surface area contributed by atoms with Crippen molar-refractivity contribution < 1.29 is 52.3 Å². The fraction of sp³-hybridized carbons (Fsp3) is 0.741. The number of hydrogen-bond donors (Lipinski definition) is 2. The number of rotatable bonds is 21. The molecule has 0 radical (unpaired) electrons. The molecule has 1 unspecified atom stereocenters. The Balaban J connectivity index is 5.55. The molecule has 0 bridgehead atoms.